The van der Waals surface area contributed by atoms with Crippen LogP contribution in [-0.4, -0.2) is 8.07 Å². The van der Waals surface area contributed by atoms with Crippen LogP contribution in [0.1, 0.15) is 95.2 Å². The van der Waals surface area contributed by atoms with Gasteiger partial charge in [-0.3, -0.25) is 0 Å². The molecule has 1 aliphatic rings. The van der Waals surface area contributed by atoms with Crippen LogP contribution in [0.4, 0.5) is 0 Å². The van der Waals surface area contributed by atoms with Crippen LogP contribution in [0, 0.1) is 0 Å². The Hall–Kier alpha value is -2.64. The van der Waals surface area contributed by atoms with Gasteiger partial charge in [0.25, 0.3) is 0 Å². The standard InChI is InChI=1S/C37H48Si/c1-9-28-17-29(10-2)21-34(20-28)38(37-16-26(7)15-27(37)8,35-22-30(11-3)18-31(12-4)23-35)36-24-32(13-5)19-33(14-6)25-36/h15,17-25H,9-14,16H2,1-8H3. The van der Waals surface area contributed by atoms with E-state index in [0.717, 1.165) is 44.9 Å². The Kier molecular flexibility index (Phi) is 8.99. The SMILES string of the molecule is CCc1cc(CC)cc([Si](C2=C(C)C=C(C)C2)(c2cc(CC)cc(CC)c2)c2cc(CC)cc(CC)c2)c1. The van der Waals surface area contributed by atoms with E-state index in [1.165, 1.54) is 44.5 Å². The summed E-state index contributed by atoms with van der Waals surface area (Å²) in [6, 6.07) is 22.9. The van der Waals surface area contributed by atoms with Crippen LogP contribution >= 0.6 is 0 Å². The summed E-state index contributed by atoms with van der Waals surface area (Å²) >= 11 is 0. The second-order valence-electron chi connectivity index (χ2n) is 11.3. The molecule has 0 nitrogen and oxygen atoms in total. The van der Waals surface area contributed by atoms with Gasteiger partial charge in [-0.05, 0) is 108 Å². The summed E-state index contributed by atoms with van der Waals surface area (Å²) in [6.07, 6.45) is 10.0. The Morgan fingerprint density at radius 3 is 0.974 bits per heavy atom. The van der Waals surface area contributed by atoms with E-state index in [0.29, 0.717) is 0 Å². The number of hydrogen-bond acceptors (Lipinski definition) is 0. The second kappa shape index (κ2) is 12.0. The molecule has 200 valence electrons. The van der Waals surface area contributed by atoms with Crippen molar-refractivity contribution in [1.29, 1.82) is 0 Å². The van der Waals surface area contributed by atoms with Crippen molar-refractivity contribution in [2.75, 3.05) is 0 Å². The first-order valence-electron chi connectivity index (χ1n) is 15.1. The van der Waals surface area contributed by atoms with E-state index in [2.05, 4.69) is 116 Å². The van der Waals surface area contributed by atoms with E-state index in [4.69, 9.17) is 0 Å². The van der Waals surface area contributed by atoms with Crippen molar-refractivity contribution >= 4 is 23.6 Å². The van der Waals surface area contributed by atoms with Gasteiger partial charge in [-0.2, -0.15) is 0 Å². The summed E-state index contributed by atoms with van der Waals surface area (Å²) in [6.45, 7) is 18.6. The van der Waals surface area contributed by atoms with Gasteiger partial charge in [0, 0.05) is 0 Å². The molecule has 0 amide bonds. The Labute approximate surface area is 233 Å². The van der Waals surface area contributed by atoms with Gasteiger partial charge in [0.05, 0.1) is 0 Å². The molecule has 0 unspecified atom stereocenters. The predicted molar refractivity (Wildman–Crippen MR) is 171 cm³/mol. The normalized spacial score (nSPS) is 13.8. The maximum Gasteiger partial charge on any atom is 0.176 e. The van der Waals surface area contributed by atoms with E-state index in [1.807, 2.05) is 0 Å². The third kappa shape index (κ3) is 5.28. The minimum Gasteiger partial charge on any atom is -0.0694 e. The van der Waals surface area contributed by atoms with E-state index >= 15 is 0 Å². The molecular weight excluding hydrogens is 472 g/mol. The van der Waals surface area contributed by atoms with Crippen LogP contribution in [0.5, 0.6) is 0 Å². The van der Waals surface area contributed by atoms with E-state index in [1.54, 1.807) is 20.8 Å². The molecule has 1 aliphatic carbocycles. The predicted octanol–water partition coefficient (Wildman–Crippen LogP) is 7.74. The van der Waals surface area contributed by atoms with Crippen LogP contribution < -0.4 is 15.6 Å². The fourth-order valence-corrected chi connectivity index (χ4v) is 12.2. The molecule has 0 atom stereocenters. The lowest BCUT2D eigenvalue weighted by atomic mass is 10.1. The molecule has 38 heavy (non-hydrogen) atoms. The quantitative estimate of drug-likeness (QED) is 0.189. The van der Waals surface area contributed by atoms with Gasteiger partial charge >= 0.3 is 0 Å². The Morgan fingerprint density at radius 2 is 0.763 bits per heavy atom. The molecule has 3 aromatic rings. The highest BCUT2D eigenvalue weighted by Gasteiger charge is 2.45. The van der Waals surface area contributed by atoms with Gasteiger partial charge in [0.1, 0.15) is 0 Å². The number of hydrogen-bond donors (Lipinski definition) is 0. The van der Waals surface area contributed by atoms with Crippen LogP contribution in [0.25, 0.3) is 0 Å². The first kappa shape index (κ1) is 28.4. The van der Waals surface area contributed by atoms with Gasteiger partial charge in [-0.1, -0.05) is 119 Å². The van der Waals surface area contributed by atoms with Crippen LogP contribution in [0.2, 0.25) is 0 Å². The molecule has 0 N–H and O–H groups in total. The Balaban J connectivity index is 2.25. The van der Waals surface area contributed by atoms with Gasteiger partial charge in [-0.15, -0.1) is 0 Å². The molecule has 0 spiro atoms. The first-order chi connectivity index (χ1) is 18.3. The molecule has 0 aromatic heterocycles. The van der Waals surface area contributed by atoms with Crippen molar-refractivity contribution in [2.45, 2.75) is 100 Å². The molecule has 0 radical (unpaired) electrons. The molecule has 0 heterocycles. The summed E-state index contributed by atoms with van der Waals surface area (Å²) in [7, 11) is -2.55. The van der Waals surface area contributed by atoms with Gasteiger partial charge in [0.2, 0.25) is 0 Å². The average Bonchev–Trinajstić information content (AvgIpc) is 3.30. The minimum atomic E-state index is -2.55. The van der Waals surface area contributed by atoms with Crippen molar-refractivity contribution in [3.63, 3.8) is 0 Å². The number of allylic oxidation sites excluding steroid dienone is 4. The summed E-state index contributed by atoms with van der Waals surface area (Å²) in [5.74, 6) is 0. The summed E-state index contributed by atoms with van der Waals surface area (Å²) in [4.78, 5) is 0. The number of benzene rings is 3. The highest BCUT2D eigenvalue weighted by atomic mass is 28.3. The smallest absolute Gasteiger partial charge is 0.0694 e. The van der Waals surface area contributed by atoms with Crippen LogP contribution in [0.15, 0.2) is 77.0 Å². The monoisotopic (exact) mass is 520 g/mol. The fourth-order valence-electron chi connectivity index (χ4n) is 6.54. The van der Waals surface area contributed by atoms with E-state index in [-0.39, 0.29) is 0 Å². The molecule has 0 aliphatic heterocycles. The molecular formula is C37H48Si. The number of aryl methyl sites for hydroxylation is 6. The zero-order chi connectivity index (χ0) is 27.4. The molecule has 0 saturated carbocycles. The topological polar surface area (TPSA) is 0 Å². The van der Waals surface area contributed by atoms with Crippen LogP contribution in [-0.2, 0) is 38.5 Å². The molecule has 0 saturated heterocycles. The highest BCUT2D eigenvalue weighted by Crippen LogP contribution is 2.33. The molecule has 0 fully saturated rings. The molecule has 3 aromatic carbocycles. The van der Waals surface area contributed by atoms with Crippen molar-refractivity contribution in [1.82, 2.24) is 0 Å². The minimum absolute atomic E-state index is 1.07. The maximum absolute atomic E-state index is 2.59. The lowest BCUT2D eigenvalue weighted by Crippen LogP contribution is -2.69. The number of rotatable bonds is 10. The molecule has 4 rings (SSSR count). The Morgan fingerprint density at radius 1 is 0.474 bits per heavy atom. The van der Waals surface area contributed by atoms with Gasteiger partial charge in [-0.25, -0.2) is 0 Å². The van der Waals surface area contributed by atoms with E-state index in [9.17, 15) is 0 Å². The second-order valence-corrected chi connectivity index (χ2v) is 15.2. The largest absolute Gasteiger partial charge is 0.176 e. The highest BCUT2D eigenvalue weighted by molar-refractivity contribution is 7.16. The third-order valence-electron chi connectivity index (χ3n) is 8.75. The van der Waals surface area contributed by atoms with Gasteiger partial charge < -0.3 is 0 Å². The van der Waals surface area contributed by atoms with Crippen LogP contribution in [0.3, 0.4) is 0 Å². The summed E-state index contributed by atoms with van der Waals surface area (Å²) in [5, 5.41) is 6.43. The molecule has 1 heteroatoms. The maximum atomic E-state index is 2.59. The lowest BCUT2D eigenvalue weighted by molar-refractivity contribution is 1.08. The molecule has 0 bridgehead atoms. The average molecular weight is 521 g/mol. The van der Waals surface area contributed by atoms with Crippen molar-refractivity contribution in [3.05, 3.63) is 110 Å². The lowest BCUT2D eigenvalue weighted by Gasteiger charge is -2.38. The van der Waals surface area contributed by atoms with Crippen molar-refractivity contribution in [2.24, 2.45) is 0 Å². The third-order valence-corrected chi connectivity index (χ3v) is 13.7. The Bertz CT molecular complexity index is 1170. The van der Waals surface area contributed by atoms with Crippen molar-refractivity contribution in [3.8, 4) is 0 Å². The fraction of sp³-hybridized carbons (Fsp3) is 0.405. The van der Waals surface area contributed by atoms with E-state index < -0.39 is 8.07 Å². The summed E-state index contributed by atoms with van der Waals surface area (Å²) in [5.41, 5.74) is 11.8. The summed E-state index contributed by atoms with van der Waals surface area (Å²) < 4.78 is 0. The first-order valence-corrected chi connectivity index (χ1v) is 17.1. The van der Waals surface area contributed by atoms with Crippen molar-refractivity contribution < 1.29 is 0 Å². The van der Waals surface area contributed by atoms with Gasteiger partial charge in [0.15, 0.2) is 8.07 Å². The zero-order valence-corrected chi connectivity index (χ0v) is 26.2. The zero-order valence-electron chi connectivity index (χ0n) is 25.2.